The highest BCUT2D eigenvalue weighted by Gasteiger charge is 2.38. The molecule has 0 aromatic heterocycles. The summed E-state index contributed by atoms with van der Waals surface area (Å²) in [6.45, 7) is 4.12. The summed E-state index contributed by atoms with van der Waals surface area (Å²) in [5, 5.41) is 11.5. The Morgan fingerprint density at radius 2 is 1.64 bits per heavy atom. The normalized spacial score (nSPS) is 18.2. The molecule has 1 aliphatic heterocycles. The van der Waals surface area contributed by atoms with Crippen molar-refractivity contribution in [1.82, 2.24) is 4.31 Å². The van der Waals surface area contributed by atoms with Crippen LogP contribution in [0.5, 0.6) is 0 Å². The van der Waals surface area contributed by atoms with Crippen LogP contribution in [0.1, 0.15) is 29.5 Å². The fourth-order valence-corrected chi connectivity index (χ4v) is 5.26. The van der Waals surface area contributed by atoms with Gasteiger partial charge in [0.1, 0.15) is 0 Å². The summed E-state index contributed by atoms with van der Waals surface area (Å²) < 4.78 is 27.5. The molecule has 1 aliphatic rings. The molecule has 6 heteroatoms. The van der Waals surface area contributed by atoms with E-state index in [-0.39, 0.29) is 13.1 Å². The SMILES string of the molecule is Cc1cc(S(=O)(=O)N2CCC(O)(c3ccccc3)CC2)c(C)cc1Cl. The number of hydrogen-bond acceptors (Lipinski definition) is 3. The molecular formula is C19H22ClNO3S. The molecule has 1 N–H and O–H groups in total. The van der Waals surface area contributed by atoms with E-state index in [1.807, 2.05) is 30.3 Å². The van der Waals surface area contributed by atoms with E-state index in [9.17, 15) is 13.5 Å². The first-order valence-corrected chi connectivity index (χ1v) is 10.1. The van der Waals surface area contributed by atoms with Gasteiger partial charge in [0.05, 0.1) is 10.5 Å². The molecule has 0 bridgehead atoms. The van der Waals surface area contributed by atoms with E-state index in [1.54, 1.807) is 26.0 Å². The standard InChI is InChI=1S/C19H22ClNO3S/c1-14-13-18(15(2)12-17(14)20)25(23,24)21-10-8-19(22,9-11-21)16-6-4-3-5-7-16/h3-7,12-13,22H,8-11H2,1-2H3. The number of aryl methyl sites for hydroxylation is 2. The van der Waals surface area contributed by atoms with Crippen molar-refractivity contribution >= 4 is 21.6 Å². The highest BCUT2D eigenvalue weighted by atomic mass is 35.5. The van der Waals surface area contributed by atoms with Crippen molar-refractivity contribution in [3.8, 4) is 0 Å². The highest BCUT2D eigenvalue weighted by molar-refractivity contribution is 7.89. The maximum Gasteiger partial charge on any atom is 0.243 e. The van der Waals surface area contributed by atoms with Gasteiger partial charge in [-0.15, -0.1) is 0 Å². The number of hydrogen-bond donors (Lipinski definition) is 1. The third-order valence-electron chi connectivity index (χ3n) is 4.93. The molecule has 0 radical (unpaired) electrons. The Morgan fingerprint density at radius 3 is 2.24 bits per heavy atom. The predicted octanol–water partition coefficient (Wildman–Crippen LogP) is 3.63. The first-order valence-electron chi connectivity index (χ1n) is 8.29. The van der Waals surface area contributed by atoms with Crippen LogP contribution in [-0.2, 0) is 15.6 Å². The maximum absolute atomic E-state index is 13.0. The van der Waals surface area contributed by atoms with E-state index in [4.69, 9.17) is 11.6 Å². The highest BCUT2D eigenvalue weighted by Crippen LogP contribution is 2.35. The molecule has 0 spiro atoms. The summed E-state index contributed by atoms with van der Waals surface area (Å²) in [5.74, 6) is 0. The Labute approximate surface area is 154 Å². The van der Waals surface area contributed by atoms with Gasteiger partial charge in [-0.05, 0) is 55.5 Å². The van der Waals surface area contributed by atoms with Crippen LogP contribution < -0.4 is 0 Å². The number of benzene rings is 2. The van der Waals surface area contributed by atoms with Crippen LogP contribution in [0, 0.1) is 13.8 Å². The average Bonchev–Trinajstić information content (AvgIpc) is 2.59. The van der Waals surface area contributed by atoms with Gasteiger partial charge >= 0.3 is 0 Å². The number of rotatable bonds is 3. The van der Waals surface area contributed by atoms with Crippen molar-refractivity contribution in [2.24, 2.45) is 0 Å². The second-order valence-electron chi connectivity index (χ2n) is 6.67. The van der Waals surface area contributed by atoms with Crippen LogP contribution in [-0.4, -0.2) is 30.9 Å². The Kier molecular flexibility index (Phi) is 4.95. The van der Waals surface area contributed by atoms with Crippen molar-refractivity contribution in [2.75, 3.05) is 13.1 Å². The van der Waals surface area contributed by atoms with Crippen molar-refractivity contribution in [3.63, 3.8) is 0 Å². The van der Waals surface area contributed by atoms with Gasteiger partial charge in [-0.3, -0.25) is 0 Å². The molecule has 3 rings (SSSR count). The maximum atomic E-state index is 13.0. The third kappa shape index (κ3) is 3.47. The van der Waals surface area contributed by atoms with Crippen LogP contribution in [0.25, 0.3) is 0 Å². The molecule has 0 amide bonds. The Bertz CT molecular complexity index is 873. The third-order valence-corrected chi connectivity index (χ3v) is 7.38. The Morgan fingerprint density at radius 1 is 1.04 bits per heavy atom. The Hall–Kier alpha value is -1.40. The summed E-state index contributed by atoms with van der Waals surface area (Å²) in [4.78, 5) is 0.291. The van der Waals surface area contributed by atoms with Crippen molar-refractivity contribution in [1.29, 1.82) is 0 Å². The second-order valence-corrected chi connectivity index (χ2v) is 8.98. The summed E-state index contributed by atoms with van der Waals surface area (Å²) >= 11 is 6.09. The molecule has 1 heterocycles. The van der Waals surface area contributed by atoms with Crippen LogP contribution in [0.2, 0.25) is 5.02 Å². The Balaban J connectivity index is 1.84. The fraction of sp³-hybridized carbons (Fsp3) is 0.368. The van der Waals surface area contributed by atoms with Gasteiger partial charge in [0, 0.05) is 18.1 Å². The zero-order valence-corrected chi connectivity index (χ0v) is 15.9. The largest absolute Gasteiger partial charge is 0.385 e. The van der Waals surface area contributed by atoms with Gasteiger partial charge in [-0.2, -0.15) is 4.31 Å². The van der Waals surface area contributed by atoms with Crippen LogP contribution >= 0.6 is 11.6 Å². The van der Waals surface area contributed by atoms with Crippen molar-refractivity contribution in [3.05, 3.63) is 64.2 Å². The zero-order valence-electron chi connectivity index (χ0n) is 14.4. The second kappa shape index (κ2) is 6.72. The number of piperidine rings is 1. The van der Waals surface area contributed by atoms with E-state index in [2.05, 4.69) is 0 Å². The smallest absolute Gasteiger partial charge is 0.243 e. The lowest BCUT2D eigenvalue weighted by Crippen LogP contribution is -2.45. The number of nitrogens with zero attached hydrogens (tertiary/aromatic N) is 1. The van der Waals surface area contributed by atoms with Gasteiger partial charge < -0.3 is 5.11 Å². The summed E-state index contributed by atoms with van der Waals surface area (Å²) in [6.07, 6.45) is 0.754. The van der Waals surface area contributed by atoms with Crippen molar-refractivity contribution < 1.29 is 13.5 Å². The number of halogens is 1. The molecule has 2 aromatic rings. The number of aliphatic hydroxyl groups is 1. The van der Waals surface area contributed by atoms with Crippen LogP contribution in [0.15, 0.2) is 47.4 Å². The molecule has 2 aromatic carbocycles. The first kappa shape index (κ1) is 18.4. The molecule has 4 nitrogen and oxygen atoms in total. The molecule has 0 atom stereocenters. The monoisotopic (exact) mass is 379 g/mol. The molecule has 0 aliphatic carbocycles. The zero-order chi connectivity index (χ0) is 18.2. The number of sulfonamides is 1. The molecule has 0 saturated carbocycles. The minimum Gasteiger partial charge on any atom is -0.385 e. The summed E-state index contributed by atoms with van der Waals surface area (Å²) in [7, 11) is -3.60. The van der Waals surface area contributed by atoms with Gasteiger partial charge in [0.15, 0.2) is 0 Å². The van der Waals surface area contributed by atoms with Gasteiger partial charge in [0.25, 0.3) is 0 Å². The van der Waals surface area contributed by atoms with E-state index in [0.29, 0.717) is 28.3 Å². The lowest BCUT2D eigenvalue weighted by molar-refractivity contribution is -0.00961. The summed E-state index contributed by atoms with van der Waals surface area (Å²) in [6, 6.07) is 12.8. The molecule has 0 unspecified atom stereocenters. The van der Waals surface area contributed by atoms with Gasteiger partial charge in [-0.25, -0.2) is 8.42 Å². The van der Waals surface area contributed by atoms with Gasteiger partial charge in [-0.1, -0.05) is 41.9 Å². The topological polar surface area (TPSA) is 57.6 Å². The van der Waals surface area contributed by atoms with Crippen LogP contribution in [0.4, 0.5) is 0 Å². The van der Waals surface area contributed by atoms with E-state index in [1.165, 1.54) is 4.31 Å². The lowest BCUT2D eigenvalue weighted by Gasteiger charge is -2.38. The lowest BCUT2D eigenvalue weighted by atomic mass is 9.85. The van der Waals surface area contributed by atoms with E-state index < -0.39 is 15.6 Å². The predicted molar refractivity (Wildman–Crippen MR) is 99.3 cm³/mol. The fourth-order valence-electron chi connectivity index (χ4n) is 3.31. The molecular weight excluding hydrogens is 358 g/mol. The van der Waals surface area contributed by atoms with E-state index >= 15 is 0 Å². The van der Waals surface area contributed by atoms with Crippen LogP contribution in [0.3, 0.4) is 0 Å². The minimum atomic E-state index is -3.60. The van der Waals surface area contributed by atoms with Crippen molar-refractivity contribution in [2.45, 2.75) is 37.2 Å². The molecule has 1 saturated heterocycles. The summed E-state index contributed by atoms with van der Waals surface area (Å²) in [5.41, 5.74) is 1.24. The molecule has 25 heavy (non-hydrogen) atoms. The molecule has 134 valence electrons. The minimum absolute atomic E-state index is 0.287. The first-order chi connectivity index (χ1) is 11.7. The molecule has 1 fully saturated rings. The van der Waals surface area contributed by atoms with E-state index in [0.717, 1.165) is 11.1 Å². The average molecular weight is 380 g/mol. The quantitative estimate of drug-likeness (QED) is 0.885. The van der Waals surface area contributed by atoms with Gasteiger partial charge in [0.2, 0.25) is 10.0 Å².